The monoisotopic (exact) mass is 235 g/mol. The first kappa shape index (κ1) is 10.8. The van der Waals surface area contributed by atoms with Gasteiger partial charge in [0.15, 0.2) is 5.13 Å². The van der Waals surface area contributed by atoms with Crippen LogP contribution < -0.4 is 15.8 Å². The molecule has 1 aromatic heterocycles. The number of hydrogen-bond acceptors (Lipinski definition) is 5. The van der Waals surface area contributed by atoms with Crippen molar-refractivity contribution in [1.29, 1.82) is 0 Å². The van der Waals surface area contributed by atoms with Gasteiger partial charge in [-0.1, -0.05) is 0 Å². The van der Waals surface area contributed by atoms with E-state index >= 15 is 0 Å². The molecule has 0 saturated heterocycles. The van der Waals surface area contributed by atoms with Crippen molar-refractivity contribution in [1.82, 2.24) is 4.98 Å². The van der Waals surface area contributed by atoms with Gasteiger partial charge in [-0.25, -0.2) is 4.98 Å². The average Bonchev–Trinajstić information content (AvgIpc) is 2.67. The van der Waals surface area contributed by atoms with Crippen LogP contribution in [0, 0.1) is 6.92 Å². The van der Waals surface area contributed by atoms with Crippen molar-refractivity contribution < 1.29 is 4.74 Å². The highest BCUT2D eigenvalue weighted by Crippen LogP contribution is 2.30. The normalized spacial score (nSPS) is 10.1. The zero-order valence-electron chi connectivity index (χ0n) is 9.15. The Kier molecular flexibility index (Phi) is 2.96. The van der Waals surface area contributed by atoms with E-state index in [1.165, 1.54) is 0 Å². The molecule has 16 heavy (non-hydrogen) atoms. The van der Waals surface area contributed by atoms with Crippen molar-refractivity contribution in [2.45, 2.75) is 6.92 Å². The highest BCUT2D eigenvalue weighted by molar-refractivity contribution is 7.15. The van der Waals surface area contributed by atoms with E-state index in [9.17, 15) is 0 Å². The van der Waals surface area contributed by atoms with Crippen molar-refractivity contribution in [2.24, 2.45) is 0 Å². The van der Waals surface area contributed by atoms with Gasteiger partial charge in [0.05, 0.1) is 12.8 Å². The van der Waals surface area contributed by atoms with Gasteiger partial charge in [-0.3, -0.25) is 0 Å². The Labute approximate surface area is 98.1 Å². The van der Waals surface area contributed by atoms with Crippen LogP contribution >= 0.6 is 11.3 Å². The van der Waals surface area contributed by atoms with Crippen LogP contribution in [0.5, 0.6) is 5.75 Å². The molecule has 0 amide bonds. The third-order valence-corrected chi connectivity index (χ3v) is 2.92. The van der Waals surface area contributed by atoms with Crippen molar-refractivity contribution in [3.05, 3.63) is 29.3 Å². The fraction of sp³-hybridized carbons (Fsp3) is 0.182. The van der Waals surface area contributed by atoms with E-state index in [4.69, 9.17) is 10.5 Å². The van der Waals surface area contributed by atoms with Crippen LogP contribution in [0.3, 0.4) is 0 Å². The van der Waals surface area contributed by atoms with Gasteiger partial charge in [0.25, 0.3) is 0 Å². The van der Waals surface area contributed by atoms with Gasteiger partial charge in [-0.2, -0.15) is 0 Å². The summed E-state index contributed by atoms with van der Waals surface area (Å²) in [6.45, 7) is 2.02. The minimum atomic E-state index is 0.678. The zero-order valence-corrected chi connectivity index (χ0v) is 9.97. The molecule has 5 heteroatoms. The summed E-state index contributed by atoms with van der Waals surface area (Å²) in [5.74, 6) is 0.716. The molecule has 2 aromatic rings. The maximum atomic E-state index is 5.68. The van der Waals surface area contributed by atoms with E-state index in [-0.39, 0.29) is 0 Å². The molecule has 0 aliphatic heterocycles. The highest BCUT2D eigenvalue weighted by atomic mass is 32.1. The number of aromatic nitrogens is 1. The number of thiazole rings is 1. The quantitative estimate of drug-likeness (QED) is 0.803. The standard InChI is InChI=1S/C11H13N3OS/c1-7-6-13-11(16-7)14-9-4-3-8(12)5-10(9)15-2/h3-6H,12H2,1-2H3,(H,13,14). The van der Waals surface area contributed by atoms with Crippen LogP contribution in [0.25, 0.3) is 0 Å². The molecule has 0 fully saturated rings. The molecule has 0 bridgehead atoms. The summed E-state index contributed by atoms with van der Waals surface area (Å²) >= 11 is 1.60. The average molecular weight is 235 g/mol. The summed E-state index contributed by atoms with van der Waals surface area (Å²) in [6, 6.07) is 5.49. The van der Waals surface area contributed by atoms with E-state index in [1.807, 2.05) is 25.3 Å². The summed E-state index contributed by atoms with van der Waals surface area (Å²) in [5, 5.41) is 4.05. The second-order valence-electron chi connectivity index (χ2n) is 3.36. The number of nitrogens with two attached hydrogens (primary N) is 1. The van der Waals surface area contributed by atoms with Crippen molar-refractivity contribution in [3.63, 3.8) is 0 Å². The van der Waals surface area contributed by atoms with Crippen LogP contribution in [0.15, 0.2) is 24.4 Å². The van der Waals surface area contributed by atoms with Gasteiger partial charge in [-0.05, 0) is 19.1 Å². The van der Waals surface area contributed by atoms with E-state index in [2.05, 4.69) is 10.3 Å². The summed E-state index contributed by atoms with van der Waals surface area (Å²) in [6.07, 6.45) is 1.83. The first-order valence-corrected chi connectivity index (χ1v) is 5.63. The minimum absolute atomic E-state index is 0.678. The van der Waals surface area contributed by atoms with Gasteiger partial charge in [0, 0.05) is 22.8 Å². The third-order valence-electron chi connectivity index (χ3n) is 2.09. The molecule has 0 saturated carbocycles. The zero-order chi connectivity index (χ0) is 11.5. The van der Waals surface area contributed by atoms with Gasteiger partial charge in [-0.15, -0.1) is 11.3 Å². The molecule has 0 aliphatic carbocycles. The predicted molar refractivity (Wildman–Crippen MR) is 67.5 cm³/mol. The Balaban J connectivity index is 2.27. The lowest BCUT2D eigenvalue weighted by Crippen LogP contribution is -1.95. The van der Waals surface area contributed by atoms with Crippen LogP contribution in [0.2, 0.25) is 0 Å². The molecule has 0 atom stereocenters. The molecular weight excluding hydrogens is 222 g/mol. The maximum absolute atomic E-state index is 5.68. The number of methoxy groups -OCH3 is 1. The number of rotatable bonds is 3. The minimum Gasteiger partial charge on any atom is -0.494 e. The molecule has 2 rings (SSSR count). The summed E-state index contributed by atoms with van der Waals surface area (Å²) in [4.78, 5) is 5.39. The number of nitrogen functional groups attached to an aromatic ring is 1. The summed E-state index contributed by atoms with van der Waals surface area (Å²) < 4.78 is 5.24. The first-order valence-electron chi connectivity index (χ1n) is 4.82. The van der Waals surface area contributed by atoms with Crippen molar-refractivity contribution >= 4 is 27.8 Å². The Hall–Kier alpha value is -1.75. The number of ether oxygens (including phenoxy) is 1. The number of aryl methyl sites for hydroxylation is 1. The maximum Gasteiger partial charge on any atom is 0.187 e. The first-order chi connectivity index (χ1) is 7.69. The SMILES string of the molecule is COc1cc(N)ccc1Nc1ncc(C)s1. The second kappa shape index (κ2) is 4.40. The molecule has 84 valence electrons. The summed E-state index contributed by atoms with van der Waals surface area (Å²) in [5.41, 5.74) is 7.22. The number of anilines is 3. The smallest absolute Gasteiger partial charge is 0.187 e. The highest BCUT2D eigenvalue weighted by Gasteiger charge is 2.05. The Bertz CT molecular complexity index is 496. The van der Waals surface area contributed by atoms with Gasteiger partial charge < -0.3 is 15.8 Å². The molecule has 0 unspecified atom stereocenters. The Morgan fingerprint density at radius 1 is 1.44 bits per heavy atom. The lowest BCUT2D eigenvalue weighted by atomic mass is 10.2. The molecule has 3 N–H and O–H groups in total. The number of nitrogens with zero attached hydrogens (tertiary/aromatic N) is 1. The lowest BCUT2D eigenvalue weighted by molar-refractivity contribution is 0.417. The van der Waals surface area contributed by atoms with Crippen LogP contribution in [0.1, 0.15) is 4.88 Å². The fourth-order valence-corrected chi connectivity index (χ4v) is 2.02. The molecule has 4 nitrogen and oxygen atoms in total. The lowest BCUT2D eigenvalue weighted by Gasteiger charge is -2.09. The molecule has 0 aliphatic rings. The van der Waals surface area contributed by atoms with E-state index < -0.39 is 0 Å². The second-order valence-corrected chi connectivity index (χ2v) is 4.60. The number of hydrogen-bond donors (Lipinski definition) is 2. The number of nitrogens with one attached hydrogen (secondary N) is 1. The van der Waals surface area contributed by atoms with Crippen LogP contribution in [-0.4, -0.2) is 12.1 Å². The molecule has 1 aromatic carbocycles. The Morgan fingerprint density at radius 3 is 2.88 bits per heavy atom. The van der Waals surface area contributed by atoms with Gasteiger partial charge in [0.2, 0.25) is 0 Å². The van der Waals surface area contributed by atoms with Crippen LogP contribution in [0.4, 0.5) is 16.5 Å². The third kappa shape index (κ3) is 2.25. The molecule has 0 radical (unpaired) electrons. The van der Waals surface area contributed by atoms with Gasteiger partial charge in [0.1, 0.15) is 5.75 Å². The topological polar surface area (TPSA) is 60.2 Å². The fourth-order valence-electron chi connectivity index (χ4n) is 1.34. The molecule has 1 heterocycles. The van der Waals surface area contributed by atoms with Gasteiger partial charge >= 0.3 is 0 Å². The molecular formula is C11H13N3OS. The van der Waals surface area contributed by atoms with E-state index in [0.717, 1.165) is 15.7 Å². The van der Waals surface area contributed by atoms with E-state index in [1.54, 1.807) is 24.5 Å². The van der Waals surface area contributed by atoms with Crippen molar-refractivity contribution in [2.75, 3.05) is 18.2 Å². The van der Waals surface area contributed by atoms with Crippen LogP contribution in [-0.2, 0) is 0 Å². The largest absolute Gasteiger partial charge is 0.494 e. The van der Waals surface area contributed by atoms with E-state index in [0.29, 0.717) is 11.4 Å². The summed E-state index contributed by atoms with van der Waals surface area (Å²) in [7, 11) is 1.62. The molecule has 0 spiro atoms. The number of benzene rings is 1. The Morgan fingerprint density at radius 2 is 2.25 bits per heavy atom. The predicted octanol–water partition coefficient (Wildman–Crippen LogP) is 2.79. The van der Waals surface area contributed by atoms with Crippen molar-refractivity contribution in [3.8, 4) is 5.75 Å².